The number of aromatic nitrogens is 2. The van der Waals surface area contributed by atoms with Gasteiger partial charge >= 0.3 is 0 Å². The zero-order chi connectivity index (χ0) is 23.4. The highest BCUT2D eigenvalue weighted by Gasteiger charge is 2.24. The van der Waals surface area contributed by atoms with Crippen LogP contribution in [-0.4, -0.2) is 48.4 Å². The van der Waals surface area contributed by atoms with E-state index in [4.69, 9.17) is 26.9 Å². The lowest BCUT2D eigenvalue weighted by atomic mass is 9.91. The van der Waals surface area contributed by atoms with Gasteiger partial charge in [0.2, 0.25) is 5.95 Å². The van der Waals surface area contributed by atoms with Crippen LogP contribution < -0.4 is 25.6 Å². The molecule has 0 aliphatic heterocycles. The van der Waals surface area contributed by atoms with Gasteiger partial charge < -0.3 is 25.6 Å². The summed E-state index contributed by atoms with van der Waals surface area (Å²) in [5.74, 6) is 2.64. The van der Waals surface area contributed by atoms with Crippen molar-refractivity contribution in [3.63, 3.8) is 0 Å². The first-order valence-corrected chi connectivity index (χ1v) is 12.4. The summed E-state index contributed by atoms with van der Waals surface area (Å²) in [6, 6.07) is 6.79. The molecule has 3 N–H and O–H groups in total. The second-order valence-electron chi connectivity index (χ2n) is 9.39. The maximum absolute atomic E-state index is 5.58. The molecule has 0 saturated heterocycles. The van der Waals surface area contributed by atoms with Crippen LogP contribution in [0.1, 0.15) is 55.3 Å². The summed E-state index contributed by atoms with van der Waals surface area (Å²) in [6.07, 6.45) is 8.82. The smallest absolute Gasteiger partial charge is 0.225 e. The number of hydrogen-bond acceptors (Lipinski definition) is 6. The van der Waals surface area contributed by atoms with Crippen LogP contribution in [0.25, 0.3) is 0 Å². The maximum Gasteiger partial charge on any atom is 0.225 e. The molecule has 0 amide bonds. The van der Waals surface area contributed by atoms with Crippen LogP contribution in [0.4, 0.5) is 17.5 Å². The first kappa shape index (κ1) is 23.5. The van der Waals surface area contributed by atoms with Crippen LogP contribution in [0.3, 0.4) is 0 Å². The van der Waals surface area contributed by atoms with Gasteiger partial charge in [0.05, 0.1) is 18.5 Å². The van der Waals surface area contributed by atoms with Gasteiger partial charge in [0.15, 0.2) is 5.11 Å². The Morgan fingerprint density at radius 3 is 2.52 bits per heavy atom. The van der Waals surface area contributed by atoms with Crippen LogP contribution in [0.2, 0.25) is 0 Å². The zero-order valence-electron chi connectivity index (χ0n) is 20.2. The molecule has 0 unspecified atom stereocenters. The van der Waals surface area contributed by atoms with E-state index in [9.17, 15) is 0 Å². The molecule has 8 heteroatoms. The van der Waals surface area contributed by atoms with Gasteiger partial charge in [-0.05, 0) is 88.2 Å². The predicted molar refractivity (Wildman–Crippen MR) is 140 cm³/mol. The second kappa shape index (κ2) is 10.5. The molecule has 1 saturated carbocycles. The van der Waals surface area contributed by atoms with Crippen molar-refractivity contribution in [2.24, 2.45) is 0 Å². The molecule has 0 radical (unpaired) electrons. The number of benzene rings is 1. The van der Waals surface area contributed by atoms with E-state index in [1.807, 2.05) is 18.2 Å². The summed E-state index contributed by atoms with van der Waals surface area (Å²) in [5, 5.41) is 11.1. The molecule has 0 bridgehead atoms. The van der Waals surface area contributed by atoms with Crippen molar-refractivity contribution in [2.75, 3.05) is 36.7 Å². The summed E-state index contributed by atoms with van der Waals surface area (Å²) in [5.41, 5.74) is 4.61. The third-order valence-electron chi connectivity index (χ3n) is 6.58. The number of nitrogens with zero attached hydrogens (tertiary/aromatic N) is 3. The fourth-order valence-electron chi connectivity index (χ4n) is 4.84. The molecule has 0 atom stereocenters. The van der Waals surface area contributed by atoms with E-state index >= 15 is 0 Å². The lowest BCUT2D eigenvalue weighted by molar-refractivity contribution is 0.387. The van der Waals surface area contributed by atoms with Crippen LogP contribution in [0.5, 0.6) is 5.75 Å². The molecule has 0 spiro atoms. The summed E-state index contributed by atoms with van der Waals surface area (Å²) < 4.78 is 5.45. The van der Waals surface area contributed by atoms with E-state index in [2.05, 4.69) is 41.9 Å². The Kier molecular flexibility index (Phi) is 7.53. The fourth-order valence-corrected chi connectivity index (χ4v) is 5.11. The number of nitrogens with one attached hydrogen (secondary N) is 3. The summed E-state index contributed by atoms with van der Waals surface area (Å²) in [4.78, 5) is 11.9. The number of thiocarbonyl (C=S) groups is 1. The van der Waals surface area contributed by atoms with Crippen molar-refractivity contribution in [3.8, 4) is 5.75 Å². The third kappa shape index (κ3) is 5.85. The standard InChI is InChI=1S/C25H36N6OS/c1-16-9-14-22(32-4)21(15-16)29-25(33)27-18-12-10-17(11-13-18)26-24-28-20-8-6-5-7-19(20)23(30-24)31(2)3/h9,14-15,17-18H,5-8,10-13H2,1-4H3,(H,26,28,30)(H2,27,29,33)/t17-,18+. The molecule has 2 aliphatic rings. The number of methoxy groups -OCH3 is 1. The van der Waals surface area contributed by atoms with Crippen molar-refractivity contribution in [1.82, 2.24) is 15.3 Å². The molecule has 7 nitrogen and oxygen atoms in total. The quantitative estimate of drug-likeness (QED) is 0.537. The first-order valence-electron chi connectivity index (χ1n) is 12.0. The van der Waals surface area contributed by atoms with E-state index < -0.39 is 0 Å². The summed E-state index contributed by atoms with van der Waals surface area (Å²) in [7, 11) is 5.82. The molecule has 4 rings (SSSR count). The molecular formula is C25H36N6OS. The van der Waals surface area contributed by atoms with Gasteiger partial charge in [0.1, 0.15) is 11.6 Å². The van der Waals surface area contributed by atoms with Crippen LogP contribution >= 0.6 is 12.2 Å². The van der Waals surface area contributed by atoms with E-state index in [1.165, 1.54) is 24.1 Å². The predicted octanol–water partition coefficient (Wildman–Crippen LogP) is 4.45. The molecule has 1 aromatic carbocycles. The topological polar surface area (TPSA) is 74.3 Å². The van der Waals surface area contributed by atoms with E-state index in [1.54, 1.807) is 7.11 Å². The average molecular weight is 469 g/mol. The van der Waals surface area contributed by atoms with Gasteiger partial charge in [-0.1, -0.05) is 6.07 Å². The Balaban J connectivity index is 1.31. The second-order valence-corrected chi connectivity index (χ2v) is 9.80. The normalized spacial score (nSPS) is 19.9. The van der Waals surface area contributed by atoms with Crippen molar-refractivity contribution in [2.45, 2.75) is 70.4 Å². The lowest BCUT2D eigenvalue weighted by Gasteiger charge is -2.31. The van der Waals surface area contributed by atoms with Crippen LogP contribution in [-0.2, 0) is 12.8 Å². The number of aryl methyl sites for hydroxylation is 2. The van der Waals surface area contributed by atoms with Gasteiger partial charge in [-0.2, -0.15) is 4.98 Å². The van der Waals surface area contributed by atoms with Crippen LogP contribution in [0.15, 0.2) is 18.2 Å². The Morgan fingerprint density at radius 2 is 1.79 bits per heavy atom. The highest BCUT2D eigenvalue weighted by atomic mass is 32.1. The van der Waals surface area contributed by atoms with E-state index in [-0.39, 0.29) is 0 Å². The van der Waals surface area contributed by atoms with Crippen molar-refractivity contribution in [1.29, 1.82) is 0 Å². The van der Waals surface area contributed by atoms with Crippen molar-refractivity contribution >= 4 is 34.8 Å². The Morgan fingerprint density at radius 1 is 1.06 bits per heavy atom. The molecule has 1 fully saturated rings. The van der Waals surface area contributed by atoms with Gasteiger partial charge in [0, 0.05) is 31.7 Å². The SMILES string of the molecule is COc1ccc(C)cc1NC(=S)N[C@H]1CC[C@@H](Nc2nc3c(c(N(C)C)n2)CCCC3)CC1. The van der Waals surface area contributed by atoms with Gasteiger partial charge in [-0.15, -0.1) is 0 Å². The van der Waals surface area contributed by atoms with E-state index in [0.717, 1.165) is 67.3 Å². The molecule has 178 valence electrons. The minimum absolute atomic E-state index is 0.362. The number of ether oxygens (including phenoxy) is 1. The molecule has 33 heavy (non-hydrogen) atoms. The van der Waals surface area contributed by atoms with Crippen LogP contribution in [0, 0.1) is 6.92 Å². The summed E-state index contributed by atoms with van der Waals surface area (Å²) >= 11 is 5.58. The van der Waals surface area contributed by atoms with Crippen molar-refractivity contribution in [3.05, 3.63) is 35.0 Å². The first-order chi connectivity index (χ1) is 15.9. The van der Waals surface area contributed by atoms with Gasteiger partial charge in [-0.3, -0.25) is 0 Å². The minimum atomic E-state index is 0.362. The summed E-state index contributed by atoms with van der Waals surface area (Å²) in [6.45, 7) is 2.06. The highest BCUT2D eigenvalue weighted by molar-refractivity contribution is 7.80. The number of fused-ring (bicyclic) bond motifs is 1. The highest BCUT2D eigenvalue weighted by Crippen LogP contribution is 2.30. The molecule has 2 aromatic rings. The minimum Gasteiger partial charge on any atom is -0.495 e. The Bertz CT molecular complexity index is 987. The third-order valence-corrected chi connectivity index (χ3v) is 6.80. The monoisotopic (exact) mass is 468 g/mol. The zero-order valence-corrected chi connectivity index (χ0v) is 21.0. The fraction of sp³-hybridized carbons (Fsp3) is 0.560. The van der Waals surface area contributed by atoms with Gasteiger partial charge in [-0.25, -0.2) is 4.98 Å². The molecule has 1 aromatic heterocycles. The Labute approximate surface area is 202 Å². The maximum atomic E-state index is 5.58. The Hall–Kier alpha value is -2.61. The molecule has 1 heterocycles. The number of hydrogen-bond donors (Lipinski definition) is 3. The number of anilines is 3. The number of rotatable bonds is 6. The van der Waals surface area contributed by atoms with Gasteiger partial charge in [0.25, 0.3) is 0 Å². The largest absolute Gasteiger partial charge is 0.495 e. The van der Waals surface area contributed by atoms with Crippen molar-refractivity contribution < 1.29 is 4.74 Å². The van der Waals surface area contributed by atoms with E-state index in [0.29, 0.717) is 17.2 Å². The molecule has 2 aliphatic carbocycles. The lowest BCUT2D eigenvalue weighted by Crippen LogP contribution is -2.42. The molecular weight excluding hydrogens is 432 g/mol. The average Bonchev–Trinajstić information content (AvgIpc) is 2.80.